The largest absolute Gasteiger partial charge is 0.496 e. The van der Waals surface area contributed by atoms with Crippen LogP contribution < -0.4 is 10.1 Å². The van der Waals surface area contributed by atoms with Crippen LogP contribution in [0.15, 0.2) is 59.8 Å². The minimum absolute atomic E-state index is 0.177. The number of halogens is 1. The predicted molar refractivity (Wildman–Crippen MR) is 127 cm³/mol. The van der Waals surface area contributed by atoms with Crippen molar-refractivity contribution in [2.24, 2.45) is 0 Å². The number of aryl methyl sites for hydroxylation is 2. The number of amides is 1. The molecule has 34 heavy (non-hydrogen) atoms. The van der Waals surface area contributed by atoms with E-state index >= 15 is 0 Å². The second-order valence-electron chi connectivity index (χ2n) is 7.49. The average molecular weight is 479 g/mol. The molecule has 0 aliphatic rings. The quantitative estimate of drug-likeness (QED) is 0.302. The van der Waals surface area contributed by atoms with Gasteiger partial charge in [0.15, 0.2) is 10.9 Å². The molecule has 0 saturated carbocycles. The van der Waals surface area contributed by atoms with Crippen LogP contribution in [-0.2, 0) is 12.3 Å². The van der Waals surface area contributed by atoms with Crippen molar-refractivity contribution in [1.29, 1.82) is 0 Å². The highest BCUT2D eigenvalue weighted by molar-refractivity contribution is 7.98. The number of carbonyl (C=O) groups is 1. The van der Waals surface area contributed by atoms with Crippen LogP contribution in [0.2, 0.25) is 0 Å². The van der Waals surface area contributed by atoms with Crippen LogP contribution in [-0.4, -0.2) is 38.0 Å². The molecule has 2 aromatic carbocycles. The first-order valence-electron chi connectivity index (χ1n) is 10.5. The standard InChI is InChI=1S/C24H23FN6O2S/c1-15-12-16(2)28-24(27-15)34-14-20-22(29-30-31(20)19-10-8-18(25)9-11-19)23(32)26-13-17-6-4-5-7-21(17)33-3/h4-12H,13-14H2,1-3H3,(H,26,32). The summed E-state index contributed by atoms with van der Waals surface area (Å²) in [5.41, 5.74) is 3.87. The summed E-state index contributed by atoms with van der Waals surface area (Å²) < 4.78 is 20.4. The molecule has 0 radical (unpaired) electrons. The van der Waals surface area contributed by atoms with Crippen molar-refractivity contribution in [3.05, 3.63) is 88.8 Å². The third-order valence-electron chi connectivity index (χ3n) is 4.98. The molecule has 0 spiro atoms. The van der Waals surface area contributed by atoms with Crippen LogP contribution in [0, 0.1) is 19.7 Å². The second-order valence-corrected chi connectivity index (χ2v) is 8.43. The molecule has 0 fully saturated rings. The molecule has 0 unspecified atom stereocenters. The van der Waals surface area contributed by atoms with Gasteiger partial charge >= 0.3 is 0 Å². The number of para-hydroxylation sites is 1. The second kappa shape index (κ2) is 10.4. The molecular formula is C24H23FN6O2S. The molecule has 10 heteroatoms. The topological polar surface area (TPSA) is 94.8 Å². The zero-order valence-electron chi connectivity index (χ0n) is 18.9. The van der Waals surface area contributed by atoms with Gasteiger partial charge in [0.05, 0.1) is 18.5 Å². The minimum Gasteiger partial charge on any atom is -0.496 e. The van der Waals surface area contributed by atoms with Crippen LogP contribution in [0.25, 0.3) is 5.69 Å². The maximum Gasteiger partial charge on any atom is 0.274 e. The highest BCUT2D eigenvalue weighted by Crippen LogP contribution is 2.24. The van der Waals surface area contributed by atoms with E-state index in [-0.39, 0.29) is 24.0 Å². The van der Waals surface area contributed by atoms with Crippen LogP contribution in [0.1, 0.15) is 33.1 Å². The summed E-state index contributed by atoms with van der Waals surface area (Å²) in [7, 11) is 1.58. The van der Waals surface area contributed by atoms with Crippen molar-refractivity contribution >= 4 is 17.7 Å². The molecule has 2 heterocycles. The molecule has 0 aliphatic heterocycles. The van der Waals surface area contributed by atoms with Crippen LogP contribution >= 0.6 is 11.8 Å². The van der Waals surface area contributed by atoms with Gasteiger partial charge in [-0.3, -0.25) is 4.79 Å². The Bertz CT molecular complexity index is 1290. The number of nitrogens with one attached hydrogen (secondary N) is 1. The lowest BCUT2D eigenvalue weighted by atomic mass is 10.2. The van der Waals surface area contributed by atoms with Gasteiger partial charge in [-0.15, -0.1) is 5.10 Å². The van der Waals surface area contributed by atoms with Crippen molar-refractivity contribution in [1.82, 2.24) is 30.3 Å². The molecule has 1 N–H and O–H groups in total. The third-order valence-corrected chi connectivity index (χ3v) is 5.84. The van der Waals surface area contributed by atoms with E-state index in [1.165, 1.54) is 28.6 Å². The number of benzene rings is 2. The molecule has 8 nitrogen and oxygen atoms in total. The van der Waals surface area contributed by atoms with E-state index in [0.717, 1.165) is 17.0 Å². The minimum atomic E-state index is -0.379. The molecule has 174 valence electrons. The van der Waals surface area contributed by atoms with Gasteiger partial charge in [-0.05, 0) is 50.2 Å². The third kappa shape index (κ3) is 5.40. The summed E-state index contributed by atoms with van der Waals surface area (Å²) in [4.78, 5) is 22.0. The van der Waals surface area contributed by atoms with Gasteiger partial charge in [-0.1, -0.05) is 35.2 Å². The zero-order valence-corrected chi connectivity index (χ0v) is 19.8. The average Bonchev–Trinajstić information content (AvgIpc) is 3.25. The normalized spacial score (nSPS) is 10.8. The Morgan fingerprint density at radius 2 is 1.79 bits per heavy atom. The lowest BCUT2D eigenvalue weighted by Gasteiger charge is -2.10. The van der Waals surface area contributed by atoms with Gasteiger partial charge in [0.1, 0.15) is 11.6 Å². The van der Waals surface area contributed by atoms with E-state index in [4.69, 9.17) is 4.74 Å². The molecule has 0 bridgehead atoms. The summed E-state index contributed by atoms with van der Waals surface area (Å²) in [5, 5.41) is 11.8. The van der Waals surface area contributed by atoms with Crippen molar-refractivity contribution in [3.8, 4) is 11.4 Å². The zero-order chi connectivity index (χ0) is 24.1. The summed E-state index contributed by atoms with van der Waals surface area (Å²) in [6.07, 6.45) is 0. The lowest BCUT2D eigenvalue weighted by molar-refractivity contribution is 0.0945. The number of methoxy groups -OCH3 is 1. The highest BCUT2D eigenvalue weighted by atomic mass is 32.2. The summed E-state index contributed by atoms with van der Waals surface area (Å²) in [6, 6.07) is 15.2. The Morgan fingerprint density at radius 1 is 1.09 bits per heavy atom. The van der Waals surface area contributed by atoms with E-state index in [2.05, 4.69) is 25.6 Å². The number of hydrogen-bond acceptors (Lipinski definition) is 7. The molecule has 0 aliphatic carbocycles. The molecule has 1 amide bonds. The maximum absolute atomic E-state index is 13.5. The molecular weight excluding hydrogens is 455 g/mol. The number of aromatic nitrogens is 5. The number of rotatable bonds is 8. The van der Waals surface area contributed by atoms with Crippen LogP contribution in [0.4, 0.5) is 4.39 Å². The Balaban J connectivity index is 1.61. The fourth-order valence-corrected chi connectivity index (χ4v) is 4.34. The number of thioether (sulfide) groups is 1. The van der Waals surface area contributed by atoms with E-state index in [1.807, 2.05) is 44.2 Å². The van der Waals surface area contributed by atoms with Gasteiger partial charge in [-0.2, -0.15) is 0 Å². The summed E-state index contributed by atoms with van der Waals surface area (Å²) in [6.45, 7) is 4.07. The molecule has 0 saturated heterocycles. The van der Waals surface area contributed by atoms with E-state index < -0.39 is 0 Å². The maximum atomic E-state index is 13.5. The van der Waals surface area contributed by atoms with E-state index in [9.17, 15) is 9.18 Å². The first kappa shape index (κ1) is 23.4. The van der Waals surface area contributed by atoms with Gasteiger partial charge in [-0.25, -0.2) is 19.0 Å². The number of nitrogens with zero attached hydrogens (tertiary/aromatic N) is 5. The van der Waals surface area contributed by atoms with Crippen molar-refractivity contribution in [2.75, 3.05) is 7.11 Å². The molecule has 4 aromatic rings. The van der Waals surface area contributed by atoms with E-state index in [0.29, 0.717) is 28.0 Å². The Morgan fingerprint density at radius 3 is 2.50 bits per heavy atom. The SMILES string of the molecule is COc1ccccc1CNC(=O)c1nnn(-c2ccc(F)cc2)c1CSc1nc(C)cc(C)n1. The Kier molecular flexibility index (Phi) is 7.17. The van der Waals surface area contributed by atoms with Crippen molar-refractivity contribution in [3.63, 3.8) is 0 Å². The molecule has 4 rings (SSSR count). The van der Waals surface area contributed by atoms with Gasteiger partial charge in [0.25, 0.3) is 5.91 Å². The molecule has 2 aromatic heterocycles. The van der Waals surface area contributed by atoms with Gasteiger partial charge in [0.2, 0.25) is 0 Å². The number of hydrogen-bond donors (Lipinski definition) is 1. The lowest BCUT2D eigenvalue weighted by Crippen LogP contribution is -2.24. The Labute approximate surface area is 200 Å². The molecule has 0 atom stereocenters. The fourth-order valence-electron chi connectivity index (χ4n) is 3.40. The van der Waals surface area contributed by atoms with Crippen LogP contribution in [0.5, 0.6) is 5.75 Å². The monoisotopic (exact) mass is 478 g/mol. The van der Waals surface area contributed by atoms with Gasteiger partial charge < -0.3 is 10.1 Å². The van der Waals surface area contributed by atoms with Crippen LogP contribution in [0.3, 0.4) is 0 Å². The van der Waals surface area contributed by atoms with Crippen molar-refractivity contribution < 1.29 is 13.9 Å². The number of ether oxygens (including phenoxy) is 1. The predicted octanol–water partition coefficient (Wildman–Crippen LogP) is 4.04. The Hall–Kier alpha value is -3.79. The number of carbonyl (C=O) groups excluding carboxylic acids is 1. The van der Waals surface area contributed by atoms with E-state index in [1.54, 1.807) is 19.2 Å². The summed E-state index contributed by atoms with van der Waals surface area (Å²) in [5.74, 6) is 0.278. The summed E-state index contributed by atoms with van der Waals surface area (Å²) >= 11 is 1.37. The first-order chi connectivity index (χ1) is 16.4. The fraction of sp³-hybridized carbons (Fsp3) is 0.208. The highest BCUT2D eigenvalue weighted by Gasteiger charge is 2.22. The van der Waals surface area contributed by atoms with Crippen molar-refractivity contribution in [2.45, 2.75) is 31.3 Å². The van der Waals surface area contributed by atoms with Gasteiger partial charge in [0, 0.05) is 29.2 Å². The first-order valence-corrected chi connectivity index (χ1v) is 11.5. The smallest absolute Gasteiger partial charge is 0.274 e.